The van der Waals surface area contributed by atoms with Crippen LogP contribution in [0.1, 0.15) is 22.3 Å². The van der Waals surface area contributed by atoms with Crippen molar-refractivity contribution < 1.29 is 14.3 Å². The number of carbonyl (C=O) groups is 1. The minimum atomic E-state index is -0.401. The van der Waals surface area contributed by atoms with Gasteiger partial charge in [0.1, 0.15) is 11.9 Å². The highest BCUT2D eigenvalue weighted by molar-refractivity contribution is 5.93. The Bertz CT molecular complexity index is 403. The third kappa shape index (κ3) is 2.17. The Balaban J connectivity index is 2.19. The van der Waals surface area contributed by atoms with Gasteiger partial charge in [0.2, 0.25) is 5.91 Å². The SMILES string of the molecule is COCC1CCc2cc(C(N)=O)ccc2O1. The van der Waals surface area contributed by atoms with Crippen LogP contribution in [0.2, 0.25) is 0 Å². The summed E-state index contributed by atoms with van der Waals surface area (Å²) >= 11 is 0. The molecule has 0 saturated carbocycles. The van der Waals surface area contributed by atoms with Crippen LogP contribution in [0.4, 0.5) is 0 Å². The van der Waals surface area contributed by atoms with E-state index in [1.807, 2.05) is 0 Å². The molecule has 16 heavy (non-hydrogen) atoms. The van der Waals surface area contributed by atoms with Crippen LogP contribution in [0.25, 0.3) is 0 Å². The van der Waals surface area contributed by atoms with Gasteiger partial charge in [-0.05, 0) is 36.6 Å². The van der Waals surface area contributed by atoms with Crippen LogP contribution in [-0.4, -0.2) is 25.7 Å². The maximum atomic E-state index is 11.0. The number of nitrogens with two attached hydrogens (primary N) is 1. The van der Waals surface area contributed by atoms with E-state index in [-0.39, 0.29) is 6.10 Å². The maximum Gasteiger partial charge on any atom is 0.248 e. The lowest BCUT2D eigenvalue weighted by atomic mass is 10.00. The first-order valence-corrected chi connectivity index (χ1v) is 5.29. The zero-order valence-electron chi connectivity index (χ0n) is 9.23. The van der Waals surface area contributed by atoms with Gasteiger partial charge in [-0.2, -0.15) is 0 Å². The first-order valence-electron chi connectivity index (χ1n) is 5.29. The number of hydrogen-bond donors (Lipinski definition) is 1. The van der Waals surface area contributed by atoms with Gasteiger partial charge in [0.25, 0.3) is 0 Å². The average Bonchev–Trinajstić information content (AvgIpc) is 2.28. The van der Waals surface area contributed by atoms with E-state index in [1.54, 1.807) is 25.3 Å². The van der Waals surface area contributed by atoms with Crippen molar-refractivity contribution in [3.8, 4) is 5.75 Å². The second kappa shape index (κ2) is 4.53. The van der Waals surface area contributed by atoms with Crippen molar-refractivity contribution in [2.45, 2.75) is 18.9 Å². The van der Waals surface area contributed by atoms with Crippen LogP contribution in [0.15, 0.2) is 18.2 Å². The predicted molar refractivity (Wildman–Crippen MR) is 59.6 cm³/mol. The molecule has 1 heterocycles. The lowest BCUT2D eigenvalue weighted by Gasteiger charge is -2.25. The fourth-order valence-electron chi connectivity index (χ4n) is 1.90. The second-order valence-electron chi connectivity index (χ2n) is 3.92. The quantitative estimate of drug-likeness (QED) is 0.832. The molecule has 1 unspecified atom stereocenters. The number of primary amides is 1. The molecular weight excluding hydrogens is 206 g/mol. The molecule has 0 bridgehead atoms. The number of ether oxygens (including phenoxy) is 2. The van der Waals surface area contributed by atoms with E-state index in [9.17, 15) is 4.79 Å². The van der Waals surface area contributed by atoms with E-state index in [1.165, 1.54) is 0 Å². The van der Waals surface area contributed by atoms with Crippen LogP contribution in [0.5, 0.6) is 5.75 Å². The number of aryl methyl sites for hydroxylation is 1. The molecule has 86 valence electrons. The maximum absolute atomic E-state index is 11.0. The van der Waals surface area contributed by atoms with Crippen molar-refractivity contribution in [3.63, 3.8) is 0 Å². The zero-order chi connectivity index (χ0) is 11.5. The Kier molecular flexibility index (Phi) is 3.10. The van der Waals surface area contributed by atoms with Crippen LogP contribution in [0, 0.1) is 0 Å². The van der Waals surface area contributed by atoms with Crippen molar-refractivity contribution in [2.75, 3.05) is 13.7 Å². The summed E-state index contributed by atoms with van der Waals surface area (Å²) in [4.78, 5) is 11.0. The molecular formula is C12H15NO3. The molecule has 1 aromatic carbocycles. The summed E-state index contributed by atoms with van der Waals surface area (Å²) in [6.45, 7) is 0.594. The number of benzene rings is 1. The van der Waals surface area contributed by atoms with Crippen LogP contribution >= 0.6 is 0 Å². The Morgan fingerprint density at radius 2 is 2.44 bits per heavy atom. The second-order valence-corrected chi connectivity index (χ2v) is 3.92. The third-order valence-corrected chi connectivity index (χ3v) is 2.73. The molecule has 1 aliphatic rings. The van der Waals surface area contributed by atoms with Gasteiger partial charge in [-0.25, -0.2) is 0 Å². The summed E-state index contributed by atoms with van der Waals surface area (Å²) in [7, 11) is 1.66. The largest absolute Gasteiger partial charge is 0.488 e. The molecule has 4 heteroatoms. The Morgan fingerprint density at radius 1 is 1.62 bits per heavy atom. The molecule has 0 aromatic heterocycles. The van der Waals surface area contributed by atoms with E-state index in [4.69, 9.17) is 15.2 Å². The van der Waals surface area contributed by atoms with Crippen molar-refractivity contribution in [1.82, 2.24) is 0 Å². The van der Waals surface area contributed by atoms with Gasteiger partial charge in [-0.3, -0.25) is 4.79 Å². The van der Waals surface area contributed by atoms with Crippen LogP contribution < -0.4 is 10.5 Å². The predicted octanol–water partition coefficient (Wildman–Crippen LogP) is 1.13. The minimum absolute atomic E-state index is 0.108. The Morgan fingerprint density at radius 3 is 3.12 bits per heavy atom. The van der Waals surface area contributed by atoms with Gasteiger partial charge in [0, 0.05) is 12.7 Å². The number of carbonyl (C=O) groups excluding carboxylic acids is 1. The third-order valence-electron chi connectivity index (χ3n) is 2.73. The van der Waals surface area contributed by atoms with Gasteiger partial charge in [-0.1, -0.05) is 0 Å². The lowest BCUT2D eigenvalue weighted by Crippen LogP contribution is -2.27. The number of methoxy groups -OCH3 is 1. The number of rotatable bonds is 3. The summed E-state index contributed by atoms with van der Waals surface area (Å²) < 4.78 is 10.8. The van der Waals surface area contributed by atoms with Crippen molar-refractivity contribution in [1.29, 1.82) is 0 Å². The summed E-state index contributed by atoms with van der Waals surface area (Å²) in [6, 6.07) is 5.30. The number of amides is 1. The molecule has 0 aliphatic carbocycles. The van der Waals surface area contributed by atoms with E-state index in [0.29, 0.717) is 12.2 Å². The molecule has 2 rings (SSSR count). The van der Waals surface area contributed by atoms with Crippen molar-refractivity contribution >= 4 is 5.91 Å². The topological polar surface area (TPSA) is 61.5 Å². The van der Waals surface area contributed by atoms with E-state index in [0.717, 1.165) is 24.2 Å². The molecule has 4 nitrogen and oxygen atoms in total. The Labute approximate surface area is 94.3 Å². The van der Waals surface area contributed by atoms with E-state index < -0.39 is 5.91 Å². The zero-order valence-corrected chi connectivity index (χ0v) is 9.23. The number of fused-ring (bicyclic) bond motifs is 1. The van der Waals surface area contributed by atoms with Gasteiger partial charge in [0.15, 0.2) is 0 Å². The van der Waals surface area contributed by atoms with E-state index >= 15 is 0 Å². The number of hydrogen-bond acceptors (Lipinski definition) is 3. The molecule has 0 saturated heterocycles. The monoisotopic (exact) mass is 221 g/mol. The lowest BCUT2D eigenvalue weighted by molar-refractivity contribution is 0.0677. The van der Waals surface area contributed by atoms with Gasteiger partial charge in [0.05, 0.1) is 6.61 Å². The molecule has 2 N–H and O–H groups in total. The summed E-state index contributed by atoms with van der Waals surface area (Å²) in [5, 5.41) is 0. The smallest absolute Gasteiger partial charge is 0.248 e. The molecule has 1 aromatic rings. The highest BCUT2D eigenvalue weighted by Crippen LogP contribution is 2.28. The summed E-state index contributed by atoms with van der Waals surface area (Å²) in [5.41, 5.74) is 6.80. The molecule has 0 spiro atoms. The molecule has 1 atom stereocenters. The van der Waals surface area contributed by atoms with Crippen molar-refractivity contribution in [3.05, 3.63) is 29.3 Å². The summed E-state index contributed by atoms with van der Waals surface area (Å²) in [5.74, 6) is 0.431. The van der Waals surface area contributed by atoms with Crippen LogP contribution in [0.3, 0.4) is 0 Å². The van der Waals surface area contributed by atoms with Gasteiger partial charge >= 0.3 is 0 Å². The average molecular weight is 221 g/mol. The van der Waals surface area contributed by atoms with Gasteiger partial charge < -0.3 is 15.2 Å². The highest BCUT2D eigenvalue weighted by Gasteiger charge is 2.20. The van der Waals surface area contributed by atoms with Gasteiger partial charge in [-0.15, -0.1) is 0 Å². The molecule has 0 radical (unpaired) electrons. The molecule has 1 aliphatic heterocycles. The minimum Gasteiger partial charge on any atom is -0.488 e. The standard InChI is InChI=1S/C12H15NO3/c1-15-7-10-4-2-8-6-9(12(13)14)3-5-11(8)16-10/h3,5-6,10H,2,4,7H2,1H3,(H2,13,14). The fraction of sp³-hybridized carbons (Fsp3) is 0.417. The summed E-state index contributed by atoms with van der Waals surface area (Å²) in [6.07, 6.45) is 1.91. The Hall–Kier alpha value is -1.55. The van der Waals surface area contributed by atoms with Crippen LogP contribution in [-0.2, 0) is 11.2 Å². The highest BCUT2D eigenvalue weighted by atomic mass is 16.5. The van der Waals surface area contributed by atoms with E-state index in [2.05, 4.69) is 0 Å². The normalized spacial score (nSPS) is 18.7. The first-order chi connectivity index (χ1) is 7.70. The molecule has 0 fully saturated rings. The van der Waals surface area contributed by atoms with Crippen molar-refractivity contribution in [2.24, 2.45) is 5.73 Å². The first kappa shape index (κ1) is 11.0. The fourth-order valence-corrected chi connectivity index (χ4v) is 1.90. The molecule has 1 amide bonds.